The Hall–Kier alpha value is -2.05. The maximum Gasteiger partial charge on any atom is 0.329 e. The summed E-state index contributed by atoms with van der Waals surface area (Å²) in [5.74, 6) is -0.282. The average Bonchev–Trinajstić information content (AvgIpc) is 2.69. The van der Waals surface area contributed by atoms with Crippen LogP contribution < -0.4 is 5.73 Å². The predicted molar refractivity (Wildman–Crippen MR) is 86.9 cm³/mol. The molecule has 0 unspecified atom stereocenters. The summed E-state index contributed by atoms with van der Waals surface area (Å²) in [6.07, 6.45) is 2.37. The second-order valence-corrected chi connectivity index (χ2v) is 7.01. The highest BCUT2D eigenvalue weighted by Crippen LogP contribution is 2.25. The molecule has 1 aromatic rings. The highest BCUT2D eigenvalue weighted by atomic mass is 16.6. The smallest absolute Gasteiger partial charge is 0.329 e. The number of carbonyl (C=O) groups is 2. The fourth-order valence-electron chi connectivity index (χ4n) is 2.87. The molecule has 0 radical (unpaired) electrons. The number of nitrogens with zero attached hydrogens (tertiary/aromatic N) is 3. The number of esters is 1. The van der Waals surface area contributed by atoms with Crippen molar-refractivity contribution in [3.63, 3.8) is 0 Å². The van der Waals surface area contributed by atoms with E-state index in [-0.39, 0.29) is 11.9 Å². The van der Waals surface area contributed by atoms with Gasteiger partial charge in [0.05, 0.1) is 5.69 Å². The van der Waals surface area contributed by atoms with E-state index in [1.807, 2.05) is 20.8 Å². The molecule has 1 amide bonds. The highest BCUT2D eigenvalue weighted by Gasteiger charge is 2.37. The number of ether oxygens (including phenoxy) is 1. The zero-order chi connectivity index (χ0) is 17.4. The normalized spacial score (nSPS) is 18.8. The molecular formula is C16H26N4O3. The standard InChI is InChI=1S/C16H26N4O3/c1-10-12(13(17)19(5)18-10)14(21)20-9-7-6-8-11(20)15(22)23-16(2,3)4/h11H,6-9,17H2,1-5H3/t11-/m0/s1. The van der Waals surface area contributed by atoms with Gasteiger partial charge < -0.3 is 15.4 Å². The minimum atomic E-state index is -0.577. The van der Waals surface area contributed by atoms with Gasteiger partial charge in [-0.15, -0.1) is 0 Å². The Morgan fingerprint density at radius 1 is 1.30 bits per heavy atom. The van der Waals surface area contributed by atoms with Crippen LogP contribution in [0.2, 0.25) is 0 Å². The lowest BCUT2D eigenvalue weighted by molar-refractivity contribution is -0.161. The monoisotopic (exact) mass is 322 g/mol. The number of likely N-dealkylation sites (tertiary alicyclic amines) is 1. The molecule has 1 atom stereocenters. The van der Waals surface area contributed by atoms with Gasteiger partial charge in [0.15, 0.2) is 0 Å². The number of piperidine rings is 1. The first-order chi connectivity index (χ1) is 10.6. The van der Waals surface area contributed by atoms with Crippen LogP contribution in [0, 0.1) is 6.92 Å². The molecule has 23 heavy (non-hydrogen) atoms. The van der Waals surface area contributed by atoms with Crippen molar-refractivity contribution in [3.8, 4) is 0 Å². The van der Waals surface area contributed by atoms with Crippen molar-refractivity contribution >= 4 is 17.7 Å². The summed E-state index contributed by atoms with van der Waals surface area (Å²) in [5.41, 5.74) is 6.34. The molecule has 2 heterocycles. The van der Waals surface area contributed by atoms with Crippen molar-refractivity contribution in [1.29, 1.82) is 0 Å². The van der Waals surface area contributed by atoms with Gasteiger partial charge in [-0.05, 0) is 47.0 Å². The maximum absolute atomic E-state index is 12.9. The minimum Gasteiger partial charge on any atom is -0.458 e. The van der Waals surface area contributed by atoms with E-state index < -0.39 is 11.6 Å². The zero-order valence-corrected chi connectivity index (χ0v) is 14.5. The maximum atomic E-state index is 12.9. The Morgan fingerprint density at radius 3 is 2.48 bits per heavy atom. The van der Waals surface area contributed by atoms with E-state index in [2.05, 4.69) is 5.10 Å². The van der Waals surface area contributed by atoms with E-state index in [1.54, 1.807) is 18.9 Å². The van der Waals surface area contributed by atoms with Crippen LogP contribution in [0.3, 0.4) is 0 Å². The number of nitrogen functional groups attached to an aromatic ring is 1. The van der Waals surface area contributed by atoms with E-state index >= 15 is 0 Å². The third-order valence-corrected chi connectivity index (χ3v) is 3.92. The fourth-order valence-corrected chi connectivity index (χ4v) is 2.87. The Labute approximate surface area is 136 Å². The summed E-state index contributed by atoms with van der Waals surface area (Å²) in [7, 11) is 1.70. The number of amides is 1. The molecule has 7 nitrogen and oxygen atoms in total. The lowest BCUT2D eigenvalue weighted by Crippen LogP contribution is -2.50. The molecule has 0 saturated carbocycles. The second-order valence-electron chi connectivity index (χ2n) is 7.01. The predicted octanol–water partition coefficient (Wildman–Crippen LogP) is 1.65. The van der Waals surface area contributed by atoms with E-state index in [9.17, 15) is 9.59 Å². The summed E-state index contributed by atoms with van der Waals surface area (Å²) in [4.78, 5) is 27.0. The number of aromatic nitrogens is 2. The molecule has 0 spiro atoms. The molecule has 128 valence electrons. The van der Waals surface area contributed by atoms with Gasteiger partial charge in [-0.3, -0.25) is 9.48 Å². The average molecular weight is 322 g/mol. The molecule has 1 aromatic heterocycles. The van der Waals surface area contributed by atoms with Crippen LogP contribution in [-0.4, -0.2) is 44.7 Å². The number of anilines is 1. The minimum absolute atomic E-state index is 0.247. The second kappa shape index (κ2) is 6.22. The quantitative estimate of drug-likeness (QED) is 0.836. The molecule has 0 bridgehead atoms. The van der Waals surface area contributed by atoms with Gasteiger partial charge in [0, 0.05) is 13.6 Å². The number of rotatable bonds is 2. The van der Waals surface area contributed by atoms with Gasteiger partial charge in [0.25, 0.3) is 5.91 Å². The van der Waals surface area contributed by atoms with Crippen LogP contribution in [0.25, 0.3) is 0 Å². The molecule has 1 aliphatic heterocycles. The van der Waals surface area contributed by atoms with Gasteiger partial charge in [0.2, 0.25) is 0 Å². The highest BCUT2D eigenvalue weighted by molar-refractivity contribution is 6.01. The Kier molecular flexibility index (Phi) is 4.68. The molecule has 7 heteroatoms. The van der Waals surface area contributed by atoms with Gasteiger partial charge in [-0.1, -0.05) is 0 Å². The first kappa shape index (κ1) is 17.3. The third kappa shape index (κ3) is 3.65. The van der Waals surface area contributed by atoms with E-state index in [1.165, 1.54) is 4.68 Å². The summed E-state index contributed by atoms with van der Waals surface area (Å²) in [5, 5.41) is 4.18. The third-order valence-electron chi connectivity index (χ3n) is 3.92. The summed E-state index contributed by atoms with van der Waals surface area (Å²) >= 11 is 0. The first-order valence-electron chi connectivity index (χ1n) is 7.94. The summed E-state index contributed by atoms with van der Waals surface area (Å²) < 4.78 is 6.96. The van der Waals surface area contributed by atoms with Crippen LogP contribution in [0.5, 0.6) is 0 Å². The van der Waals surface area contributed by atoms with Gasteiger partial charge >= 0.3 is 5.97 Å². The number of carbonyl (C=O) groups excluding carboxylic acids is 2. The fraction of sp³-hybridized carbons (Fsp3) is 0.688. The largest absolute Gasteiger partial charge is 0.458 e. The van der Waals surface area contributed by atoms with Crippen molar-refractivity contribution in [2.75, 3.05) is 12.3 Å². The summed E-state index contributed by atoms with van der Waals surface area (Å²) in [6, 6.07) is -0.561. The van der Waals surface area contributed by atoms with Crippen LogP contribution in [-0.2, 0) is 16.6 Å². The number of hydrogen-bond acceptors (Lipinski definition) is 5. The van der Waals surface area contributed by atoms with E-state index in [0.717, 1.165) is 12.8 Å². The van der Waals surface area contributed by atoms with E-state index in [0.29, 0.717) is 30.0 Å². The van der Waals surface area contributed by atoms with Crippen LogP contribution >= 0.6 is 0 Å². The molecule has 1 saturated heterocycles. The van der Waals surface area contributed by atoms with Crippen molar-refractivity contribution < 1.29 is 14.3 Å². The number of aryl methyl sites for hydroxylation is 2. The van der Waals surface area contributed by atoms with Crippen molar-refractivity contribution in [3.05, 3.63) is 11.3 Å². The molecule has 1 aliphatic rings. The Morgan fingerprint density at radius 2 is 1.96 bits per heavy atom. The van der Waals surface area contributed by atoms with Crippen LogP contribution in [0.1, 0.15) is 56.1 Å². The van der Waals surface area contributed by atoms with Crippen LogP contribution in [0.15, 0.2) is 0 Å². The molecule has 1 fully saturated rings. The van der Waals surface area contributed by atoms with Crippen LogP contribution in [0.4, 0.5) is 5.82 Å². The molecule has 2 rings (SSSR count). The Balaban J connectivity index is 2.27. The van der Waals surface area contributed by atoms with Gasteiger partial charge in [-0.25, -0.2) is 4.79 Å². The topological polar surface area (TPSA) is 90.5 Å². The van der Waals surface area contributed by atoms with Gasteiger partial charge in [0.1, 0.15) is 23.0 Å². The van der Waals surface area contributed by atoms with Crippen molar-refractivity contribution in [1.82, 2.24) is 14.7 Å². The lowest BCUT2D eigenvalue weighted by atomic mass is 10.0. The number of nitrogens with two attached hydrogens (primary N) is 1. The van der Waals surface area contributed by atoms with Crippen molar-refractivity contribution in [2.24, 2.45) is 7.05 Å². The van der Waals surface area contributed by atoms with E-state index in [4.69, 9.17) is 10.5 Å². The Bertz CT molecular complexity index is 616. The lowest BCUT2D eigenvalue weighted by Gasteiger charge is -2.35. The molecule has 0 aliphatic carbocycles. The molecular weight excluding hydrogens is 296 g/mol. The molecule has 0 aromatic carbocycles. The molecule has 2 N–H and O–H groups in total. The first-order valence-corrected chi connectivity index (χ1v) is 7.94. The summed E-state index contributed by atoms with van der Waals surface area (Å²) in [6.45, 7) is 7.74. The van der Waals surface area contributed by atoms with Gasteiger partial charge in [-0.2, -0.15) is 5.10 Å². The zero-order valence-electron chi connectivity index (χ0n) is 14.5. The van der Waals surface area contributed by atoms with Crippen molar-refractivity contribution in [2.45, 2.75) is 58.6 Å². The SMILES string of the molecule is Cc1nn(C)c(N)c1C(=O)N1CCCC[C@H]1C(=O)OC(C)(C)C. The number of hydrogen-bond donors (Lipinski definition) is 1.